The van der Waals surface area contributed by atoms with E-state index in [9.17, 15) is 4.79 Å². The third-order valence-electron chi connectivity index (χ3n) is 2.39. The number of nitrogens with two attached hydrogens (primary N) is 1. The predicted octanol–water partition coefficient (Wildman–Crippen LogP) is 0.605. The molecule has 0 saturated heterocycles. The number of primary amides is 1. The Balaban J connectivity index is 2.46. The second kappa shape index (κ2) is 2.99. The van der Waals surface area contributed by atoms with Crippen LogP contribution in [0.2, 0.25) is 0 Å². The number of carbonyl (C=O) groups is 1. The molecule has 6 heteroatoms. The summed E-state index contributed by atoms with van der Waals surface area (Å²) >= 11 is 0. The molecule has 0 radical (unpaired) electrons. The number of rotatable bonds is 1. The predicted molar refractivity (Wildman–Crippen MR) is 57.7 cm³/mol. The molecule has 0 aliphatic rings. The van der Waals surface area contributed by atoms with Gasteiger partial charge in [0.2, 0.25) is 0 Å². The van der Waals surface area contributed by atoms with Crippen LogP contribution in [-0.4, -0.2) is 25.8 Å². The molecule has 0 fully saturated rings. The van der Waals surface area contributed by atoms with Gasteiger partial charge in [-0.15, -0.1) is 0 Å². The Morgan fingerprint density at radius 2 is 2.19 bits per heavy atom. The Labute approximate surface area is 89.5 Å². The van der Waals surface area contributed by atoms with Gasteiger partial charge in [-0.05, 0) is 6.07 Å². The van der Waals surface area contributed by atoms with E-state index in [-0.39, 0.29) is 0 Å². The molecule has 6 nitrogen and oxygen atoms in total. The lowest BCUT2D eigenvalue weighted by Gasteiger charge is -1.95. The van der Waals surface area contributed by atoms with E-state index in [2.05, 4.69) is 19.9 Å². The van der Waals surface area contributed by atoms with Crippen molar-refractivity contribution in [3.63, 3.8) is 0 Å². The maximum Gasteiger partial charge on any atom is 0.265 e. The number of H-pyrrole nitrogens is 1. The van der Waals surface area contributed by atoms with Gasteiger partial charge in [0.05, 0.1) is 5.52 Å². The van der Waals surface area contributed by atoms with Gasteiger partial charge in [0, 0.05) is 23.2 Å². The van der Waals surface area contributed by atoms with Gasteiger partial charge < -0.3 is 10.7 Å². The molecule has 0 aliphatic carbocycles. The molecule has 0 aromatic carbocycles. The first kappa shape index (κ1) is 8.78. The highest BCUT2D eigenvalue weighted by atomic mass is 16.1. The molecule has 0 saturated carbocycles. The summed E-state index contributed by atoms with van der Waals surface area (Å²) in [6.07, 6.45) is 4.78. The summed E-state index contributed by atoms with van der Waals surface area (Å²) in [5.74, 6) is -0.514. The van der Waals surface area contributed by atoms with E-state index in [1.54, 1.807) is 18.5 Å². The minimum Gasteiger partial charge on any atom is -0.364 e. The number of aromatic amines is 1. The SMILES string of the molecule is NC(=O)c1cc2c(ncc3cncnc32)[nH]1. The van der Waals surface area contributed by atoms with Gasteiger partial charge in [0.25, 0.3) is 5.91 Å². The zero-order valence-corrected chi connectivity index (χ0v) is 8.14. The van der Waals surface area contributed by atoms with Crippen LogP contribution in [0.5, 0.6) is 0 Å². The molecule has 3 heterocycles. The van der Waals surface area contributed by atoms with Crippen molar-refractivity contribution >= 4 is 27.8 Å². The number of hydrogen-bond acceptors (Lipinski definition) is 4. The summed E-state index contributed by atoms with van der Waals surface area (Å²) < 4.78 is 0. The van der Waals surface area contributed by atoms with Crippen molar-refractivity contribution in [2.45, 2.75) is 0 Å². The number of aromatic nitrogens is 4. The lowest BCUT2D eigenvalue weighted by Crippen LogP contribution is -2.10. The molecule has 3 aromatic heterocycles. The molecule has 3 N–H and O–H groups in total. The molecular formula is C10H7N5O. The minimum atomic E-state index is -0.514. The fraction of sp³-hybridized carbons (Fsp3) is 0. The fourth-order valence-electron chi connectivity index (χ4n) is 1.65. The summed E-state index contributed by atoms with van der Waals surface area (Å²) in [7, 11) is 0. The fourth-order valence-corrected chi connectivity index (χ4v) is 1.65. The number of fused-ring (bicyclic) bond motifs is 3. The summed E-state index contributed by atoms with van der Waals surface area (Å²) in [5.41, 5.74) is 6.87. The number of hydrogen-bond donors (Lipinski definition) is 2. The number of carbonyl (C=O) groups excluding carboxylic acids is 1. The average molecular weight is 213 g/mol. The largest absolute Gasteiger partial charge is 0.364 e. The summed E-state index contributed by atoms with van der Waals surface area (Å²) in [6, 6.07) is 1.65. The second-order valence-electron chi connectivity index (χ2n) is 3.39. The summed E-state index contributed by atoms with van der Waals surface area (Å²) in [6.45, 7) is 0. The number of pyridine rings is 1. The van der Waals surface area contributed by atoms with Crippen LogP contribution in [0.3, 0.4) is 0 Å². The lowest BCUT2D eigenvalue weighted by molar-refractivity contribution is 0.0996. The Kier molecular flexibility index (Phi) is 1.64. The normalized spacial score (nSPS) is 11.0. The molecule has 0 atom stereocenters. The molecule has 0 unspecified atom stereocenters. The smallest absolute Gasteiger partial charge is 0.265 e. The third-order valence-corrected chi connectivity index (χ3v) is 2.39. The first-order valence-corrected chi connectivity index (χ1v) is 4.63. The van der Waals surface area contributed by atoms with Crippen molar-refractivity contribution < 1.29 is 4.79 Å². The topological polar surface area (TPSA) is 97.6 Å². The Morgan fingerprint density at radius 1 is 1.31 bits per heavy atom. The van der Waals surface area contributed by atoms with Gasteiger partial charge in [-0.1, -0.05) is 0 Å². The van der Waals surface area contributed by atoms with Gasteiger partial charge in [-0.3, -0.25) is 4.79 Å². The van der Waals surface area contributed by atoms with Crippen molar-refractivity contribution in [2.75, 3.05) is 0 Å². The zero-order chi connectivity index (χ0) is 11.1. The van der Waals surface area contributed by atoms with Crippen LogP contribution in [-0.2, 0) is 0 Å². The number of nitrogens with zero attached hydrogens (tertiary/aromatic N) is 3. The zero-order valence-electron chi connectivity index (χ0n) is 8.14. The minimum absolute atomic E-state index is 0.327. The van der Waals surface area contributed by atoms with Crippen LogP contribution in [0.1, 0.15) is 10.5 Å². The van der Waals surface area contributed by atoms with Crippen molar-refractivity contribution in [1.29, 1.82) is 0 Å². The van der Waals surface area contributed by atoms with E-state index in [4.69, 9.17) is 5.73 Å². The van der Waals surface area contributed by atoms with Gasteiger partial charge in [-0.2, -0.15) is 0 Å². The average Bonchev–Trinajstić information content (AvgIpc) is 2.73. The highest BCUT2D eigenvalue weighted by molar-refractivity contribution is 6.05. The van der Waals surface area contributed by atoms with E-state index in [1.807, 2.05) is 0 Å². The first-order chi connectivity index (χ1) is 7.75. The van der Waals surface area contributed by atoms with E-state index < -0.39 is 5.91 Å². The van der Waals surface area contributed by atoms with Crippen molar-refractivity contribution in [3.05, 3.63) is 30.5 Å². The molecule has 78 valence electrons. The Bertz CT molecular complexity index is 703. The maximum atomic E-state index is 11.0. The van der Waals surface area contributed by atoms with E-state index in [1.165, 1.54) is 6.33 Å². The lowest BCUT2D eigenvalue weighted by atomic mass is 10.2. The third kappa shape index (κ3) is 1.13. The van der Waals surface area contributed by atoms with Crippen molar-refractivity contribution in [2.24, 2.45) is 5.73 Å². The van der Waals surface area contributed by atoms with Gasteiger partial charge >= 0.3 is 0 Å². The molecule has 0 spiro atoms. The summed E-state index contributed by atoms with van der Waals surface area (Å²) in [5, 5.41) is 1.60. The van der Waals surface area contributed by atoms with Crippen molar-refractivity contribution in [1.82, 2.24) is 19.9 Å². The molecule has 3 aromatic rings. The monoisotopic (exact) mass is 213 g/mol. The van der Waals surface area contributed by atoms with Crippen LogP contribution in [0, 0.1) is 0 Å². The van der Waals surface area contributed by atoms with E-state index in [0.717, 1.165) is 16.3 Å². The van der Waals surface area contributed by atoms with Crippen LogP contribution in [0.4, 0.5) is 0 Å². The number of amides is 1. The molecule has 0 bridgehead atoms. The number of nitrogens with one attached hydrogen (secondary N) is 1. The van der Waals surface area contributed by atoms with Crippen LogP contribution >= 0.6 is 0 Å². The summed E-state index contributed by atoms with van der Waals surface area (Å²) in [4.78, 5) is 26.1. The van der Waals surface area contributed by atoms with E-state index in [0.29, 0.717) is 11.3 Å². The maximum absolute atomic E-state index is 11.0. The molecule has 3 rings (SSSR count). The van der Waals surface area contributed by atoms with Crippen LogP contribution in [0.25, 0.3) is 21.9 Å². The van der Waals surface area contributed by atoms with Crippen LogP contribution < -0.4 is 5.73 Å². The molecule has 1 amide bonds. The van der Waals surface area contributed by atoms with Gasteiger partial charge in [0.15, 0.2) is 0 Å². The highest BCUT2D eigenvalue weighted by Crippen LogP contribution is 2.21. The second-order valence-corrected chi connectivity index (χ2v) is 3.39. The quantitative estimate of drug-likeness (QED) is 0.618. The highest BCUT2D eigenvalue weighted by Gasteiger charge is 2.09. The van der Waals surface area contributed by atoms with Gasteiger partial charge in [0.1, 0.15) is 17.7 Å². The Morgan fingerprint density at radius 3 is 3.00 bits per heavy atom. The van der Waals surface area contributed by atoms with Gasteiger partial charge in [-0.25, -0.2) is 15.0 Å². The van der Waals surface area contributed by atoms with E-state index >= 15 is 0 Å². The first-order valence-electron chi connectivity index (χ1n) is 4.63. The van der Waals surface area contributed by atoms with Crippen LogP contribution in [0.15, 0.2) is 24.8 Å². The standard InChI is InChI=1S/C10H7N5O/c11-9(16)7-1-6-8-5(2-12-4-14-8)3-13-10(6)15-7/h1-4H,(H2,11,16)(H,13,15). The molecule has 0 aliphatic heterocycles. The molecule has 16 heavy (non-hydrogen) atoms. The molecular weight excluding hydrogens is 206 g/mol. The van der Waals surface area contributed by atoms with Crippen molar-refractivity contribution in [3.8, 4) is 0 Å². The Hall–Kier alpha value is -2.50.